The van der Waals surface area contributed by atoms with E-state index in [0.717, 1.165) is 34.5 Å². The van der Waals surface area contributed by atoms with E-state index in [-0.39, 0.29) is 5.69 Å². The molecule has 0 atom stereocenters. The van der Waals surface area contributed by atoms with Gasteiger partial charge in [0.2, 0.25) is 0 Å². The monoisotopic (exact) mass is 398 g/mol. The topological polar surface area (TPSA) is 59.1 Å². The van der Waals surface area contributed by atoms with E-state index in [4.69, 9.17) is 0 Å². The molecule has 0 aliphatic rings. The van der Waals surface area contributed by atoms with Crippen molar-refractivity contribution in [2.45, 2.75) is 18.0 Å². The fourth-order valence-corrected chi connectivity index (χ4v) is 3.98. The molecule has 9 heteroatoms. The summed E-state index contributed by atoms with van der Waals surface area (Å²) in [5.74, 6) is 0. The van der Waals surface area contributed by atoms with E-state index in [1.54, 1.807) is 12.1 Å². The molecule has 2 aromatic carbocycles. The number of hydrogen-bond donors (Lipinski definition) is 1. The number of halogens is 3. The molecule has 1 aromatic heterocycles. The van der Waals surface area contributed by atoms with Crippen LogP contribution in [-0.2, 0) is 16.2 Å². The quantitative estimate of drug-likeness (QED) is 0.677. The molecule has 0 aliphatic carbocycles. The smallest absolute Gasteiger partial charge is 0.280 e. The molecule has 0 radical (unpaired) electrons. The fourth-order valence-electron chi connectivity index (χ4n) is 2.26. The van der Waals surface area contributed by atoms with Crippen molar-refractivity contribution in [3.8, 4) is 11.3 Å². The summed E-state index contributed by atoms with van der Waals surface area (Å²) in [6.07, 6.45) is -4.61. The van der Waals surface area contributed by atoms with E-state index in [1.807, 2.05) is 12.3 Å². The number of hydrogen-bond acceptors (Lipinski definition) is 4. The van der Waals surface area contributed by atoms with Crippen molar-refractivity contribution in [3.63, 3.8) is 0 Å². The van der Waals surface area contributed by atoms with Gasteiger partial charge in [0.15, 0.2) is 0 Å². The Bertz CT molecular complexity index is 1030. The Morgan fingerprint density at radius 1 is 1.08 bits per heavy atom. The van der Waals surface area contributed by atoms with E-state index in [1.165, 1.54) is 23.5 Å². The maximum absolute atomic E-state index is 12.8. The summed E-state index contributed by atoms with van der Waals surface area (Å²) in [4.78, 5) is 3.89. The molecule has 3 aromatic rings. The predicted octanol–water partition coefficient (Wildman–Crippen LogP) is 4.94. The zero-order chi connectivity index (χ0) is 18.9. The summed E-state index contributed by atoms with van der Waals surface area (Å²) in [5, 5.41) is 2.80. The number of rotatable bonds is 4. The van der Waals surface area contributed by atoms with E-state index >= 15 is 0 Å². The van der Waals surface area contributed by atoms with Crippen molar-refractivity contribution in [2.75, 3.05) is 4.72 Å². The summed E-state index contributed by atoms with van der Waals surface area (Å²) in [6.45, 7) is 1.88. The maximum atomic E-state index is 12.8. The molecule has 0 bridgehead atoms. The normalized spacial score (nSPS) is 12.2. The third kappa shape index (κ3) is 4.05. The lowest BCUT2D eigenvalue weighted by molar-refractivity contribution is -0.137. The number of sulfonamides is 1. The second-order valence-electron chi connectivity index (χ2n) is 5.46. The van der Waals surface area contributed by atoms with Crippen LogP contribution in [0.25, 0.3) is 11.3 Å². The molecule has 1 N–H and O–H groups in total. The third-order valence-electron chi connectivity index (χ3n) is 3.52. The van der Waals surface area contributed by atoms with E-state index in [0.29, 0.717) is 6.07 Å². The lowest BCUT2D eigenvalue weighted by Crippen LogP contribution is -2.14. The van der Waals surface area contributed by atoms with Crippen LogP contribution < -0.4 is 4.72 Å². The number of aryl methyl sites for hydroxylation is 1. The van der Waals surface area contributed by atoms with E-state index in [2.05, 4.69) is 9.71 Å². The molecule has 26 heavy (non-hydrogen) atoms. The highest BCUT2D eigenvalue weighted by Crippen LogP contribution is 2.31. The summed E-state index contributed by atoms with van der Waals surface area (Å²) in [5.41, 5.74) is 0.823. The minimum Gasteiger partial charge on any atom is -0.280 e. The summed E-state index contributed by atoms with van der Waals surface area (Å²) in [6, 6.07) is 10.1. The zero-order valence-electron chi connectivity index (χ0n) is 13.4. The standard InChI is InChI=1S/C17H13F3N2O2S2/c1-11-21-16(10-25-11)12-5-7-14(8-6-12)22-26(23,24)15-4-2-3-13(9-15)17(18,19)20/h2-10,22H,1H3. The molecule has 4 nitrogen and oxygen atoms in total. The van der Waals surface area contributed by atoms with Gasteiger partial charge in [-0.05, 0) is 37.3 Å². The average molecular weight is 398 g/mol. The van der Waals surface area contributed by atoms with Crippen LogP contribution >= 0.6 is 11.3 Å². The third-order valence-corrected chi connectivity index (χ3v) is 5.68. The van der Waals surface area contributed by atoms with E-state index < -0.39 is 26.7 Å². The van der Waals surface area contributed by atoms with E-state index in [9.17, 15) is 21.6 Å². The van der Waals surface area contributed by atoms with Gasteiger partial charge in [-0.15, -0.1) is 11.3 Å². The van der Waals surface area contributed by atoms with Crippen LogP contribution in [0.2, 0.25) is 0 Å². The maximum Gasteiger partial charge on any atom is 0.416 e. The molecule has 0 spiro atoms. The number of alkyl halides is 3. The van der Waals surface area contributed by atoms with Gasteiger partial charge in [-0.3, -0.25) is 4.72 Å². The number of nitrogens with zero attached hydrogens (tertiary/aromatic N) is 1. The van der Waals surface area contributed by atoms with Crippen LogP contribution in [0.1, 0.15) is 10.6 Å². The van der Waals surface area contributed by atoms with Gasteiger partial charge in [0.25, 0.3) is 10.0 Å². The van der Waals surface area contributed by atoms with Gasteiger partial charge in [0.05, 0.1) is 21.2 Å². The molecule has 0 aliphatic heterocycles. The molecule has 0 amide bonds. The lowest BCUT2D eigenvalue weighted by Gasteiger charge is -2.11. The van der Waals surface area contributed by atoms with Gasteiger partial charge < -0.3 is 0 Å². The van der Waals surface area contributed by atoms with Crippen molar-refractivity contribution in [2.24, 2.45) is 0 Å². The Kier molecular flexibility index (Phi) is 4.76. The van der Waals surface area contributed by atoms with Gasteiger partial charge in [0.1, 0.15) is 0 Å². The first kappa shape index (κ1) is 18.4. The fraction of sp³-hybridized carbons (Fsp3) is 0.118. The molecule has 3 rings (SSSR count). The summed E-state index contributed by atoms with van der Waals surface area (Å²) >= 11 is 1.50. The van der Waals surface area contributed by atoms with Crippen molar-refractivity contribution in [1.29, 1.82) is 0 Å². The second-order valence-corrected chi connectivity index (χ2v) is 8.20. The first-order valence-electron chi connectivity index (χ1n) is 7.38. The van der Waals surface area contributed by atoms with Gasteiger partial charge in [0, 0.05) is 16.6 Å². The van der Waals surface area contributed by atoms with Gasteiger partial charge in [-0.25, -0.2) is 13.4 Å². The Labute approximate surface area is 152 Å². The van der Waals surface area contributed by atoms with Crippen molar-refractivity contribution < 1.29 is 21.6 Å². The zero-order valence-corrected chi connectivity index (χ0v) is 15.0. The minimum absolute atomic E-state index is 0.248. The molecule has 0 fully saturated rings. The Morgan fingerprint density at radius 3 is 2.35 bits per heavy atom. The Balaban J connectivity index is 1.84. The highest BCUT2D eigenvalue weighted by atomic mass is 32.2. The lowest BCUT2D eigenvalue weighted by atomic mass is 10.1. The van der Waals surface area contributed by atoms with Gasteiger partial charge in [-0.1, -0.05) is 18.2 Å². The molecule has 0 unspecified atom stereocenters. The van der Waals surface area contributed by atoms with Crippen LogP contribution in [0.5, 0.6) is 0 Å². The Hall–Kier alpha value is -2.39. The minimum atomic E-state index is -4.61. The summed E-state index contributed by atoms with van der Waals surface area (Å²) in [7, 11) is -4.13. The number of thiazole rings is 1. The first-order valence-corrected chi connectivity index (χ1v) is 9.74. The number of benzene rings is 2. The average Bonchev–Trinajstić information content (AvgIpc) is 3.01. The number of aromatic nitrogens is 1. The molecular weight excluding hydrogens is 385 g/mol. The molecule has 0 saturated carbocycles. The molecule has 1 heterocycles. The van der Waals surface area contributed by atoms with Crippen molar-refractivity contribution in [3.05, 3.63) is 64.5 Å². The van der Waals surface area contributed by atoms with Crippen LogP contribution in [0.15, 0.2) is 58.8 Å². The largest absolute Gasteiger partial charge is 0.416 e. The molecule has 0 saturated heterocycles. The molecular formula is C17H13F3N2O2S2. The first-order chi connectivity index (χ1) is 12.1. The van der Waals surface area contributed by atoms with Gasteiger partial charge >= 0.3 is 6.18 Å². The highest BCUT2D eigenvalue weighted by molar-refractivity contribution is 7.92. The SMILES string of the molecule is Cc1nc(-c2ccc(NS(=O)(=O)c3cccc(C(F)(F)F)c3)cc2)cs1. The number of anilines is 1. The van der Waals surface area contributed by atoms with Crippen molar-refractivity contribution in [1.82, 2.24) is 4.98 Å². The molecule has 136 valence electrons. The predicted molar refractivity (Wildman–Crippen MR) is 94.5 cm³/mol. The van der Waals surface area contributed by atoms with Crippen LogP contribution in [0, 0.1) is 6.92 Å². The highest BCUT2D eigenvalue weighted by Gasteiger charge is 2.31. The second kappa shape index (κ2) is 6.73. The van der Waals surface area contributed by atoms with Crippen molar-refractivity contribution >= 4 is 27.0 Å². The van der Waals surface area contributed by atoms with Gasteiger partial charge in [-0.2, -0.15) is 13.2 Å². The van der Waals surface area contributed by atoms with Crippen LogP contribution in [0.4, 0.5) is 18.9 Å². The Morgan fingerprint density at radius 2 is 1.77 bits per heavy atom. The summed E-state index contributed by atoms with van der Waals surface area (Å²) < 4.78 is 65.3. The van der Waals surface area contributed by atoms with Crippen LogP contribution in [-0.4, -0.2) is 13.4 Å². The van der Waals surface area contributed by atoms with Crippen LogP contribution in [0.3, 0.4) is 0 Å². The number of nitrogens with one attached hydrogen (secondary N) is 1.